The zero-order chi connectivity index (χ0) is 19.5. The standard InChI is InChI=1S/C18H16ClF3N2O2/c1-11-9-13(19)7-8-16(11)24(12(2)25)10-17(26)23-15-6-4-3-5-14(15)18(20,21)22/h3-9H,10H2,1-2H3,(H,23,26). The van der Waals surface area contributed by atoms with Crippen molar-refractivity contribution < 1.29 is 22.8 Å². The van der Waals surface area contributed by atoms with Gasteiger partial charge >= 0.3 is 6.18 Å². The number of hydrogen-bond acceptors (Lipinski definition) is 2. The SMILES string of the molecule is CC(=O)N(CC(=O)Nc1ccccc1C(F)(F)F)c1ccc(Cl)cc1C. The highest BCUT2D eigenvalue weighted by Crippen LogP contribution is 2.34. The number of para-hydroxylation sites is 1. The minimum absolute atomic E-state index is 0.360. The molecule has 1 N–H and O–H groups in total. The van der Waals surface area contributed by atoms with Crippen molar-refractivity contribution in [1.29, 1.82) is 0 Å². The molecule has 26 heavy (non-hydrogen) atoms. The van der Waals surface area contributed by atoms with Crippen LogP contribution in [0.15, 0.2) is 42.5 Å². The van der Waals surface area contributed by atoms with Crippen LogP contribution in [0.1, 0.15) is 18.1 Å². The highest BCUT2D eigenvalue weighted by molar-refractivity contribution is 6.30. The molecule has 0 aromatic heterocycles. The van der Waals surface area contributed by atoms with Gasteiger partial charge in [0.1, 0.15) is 6.54 Å². The van der Waals surface area contributed by atoms with Crippen molar-refractivity contribution in [3.63, 3.8) is 0 Å². The van der Waals surface area contributed by atoms with Crippen molar-refractivity contribution in [3.8, 4) is 0 Å². The summed E-state index contributed by atoms with van der Waals surface area (Å²) in [6.45, 7) is 2.56. The molecule has 4 nitrogen and oxygen atoms in total. The fourth-order valence-electron chi connectivity index (χ4n) is 2.46. The third-order valence-corrected chi connectivity index (χ3v) is 3.87. The van der Waals surface area contributed by atoms with Crippen LogP contribution >= 0.6 is 11.6 Å². The number of carbonyl (C=O) groups excluding carboxylic acids is 2. The summed E-state index contributed by atoms with van der Waals surface area (Å²) in [6, 6.07) is 9.43. The van der Waals surface area contributed by atoms with Crippen molar-refractivity contribution in [2.24, 2.45) is 0 Å². The number of carbonyl (C=O) groups is 2. The van der Waals surface area contributed by atoms with Crippen LogP contribution in [0.2, 0.25) is 5.02 Å². The molecule has 0 bridgehead atoms. The Kier molecular flexibility index (Phi) is 5.92. The molecule has 0 spiro atoms. The third-order valence-electron chi connectivity index (χ3n) is 3.64. The van der Waals surface area contributed by atoms with Crippen molar-refractivity contribution in [2.45, 2.75) is 20.0 Å². The van der Waals surface area contributed by atoms with Crippen LogP contribution < -0.4 is 10.2 Å². The molecule has 0 unspecified atom stereocenters. The van der Waals surface area contributed by atoms with E-state index in [-0.39, 0.29) is 5.69 Å². The lowest BCUT2D eigenvalue weighted by Gasteiger charge is -2.23. The van der Waals surface area contributed by atoms with Crippen LogP contribution in [-0.4, -0.2) is 18.4 Å². The largest absolute Gasteiger partial charge is 0.418 e. The summed E-state index contributed by atoms with van der Waals surface area (Å²) < 4.78 is 39.1. The maximum absolute atomic E-state index is 13.0. The van der Waals surface area contributed by atoms with Gasteiger partial charge in [-0.2, -0.15) is 13.2 Å². The lowest BCUT2D eigenvalue weighted by molar-refractivity contribution is -0.137. The van der Waals surface area contributed by atoms with Crippen LogP contribution in [0.3, 0.4) is 0 Å². The number of benzene rings is 2. The number of amides is 2. The van der Waals surface area contributed by atoms with E-state index in [4.69, 9.17) is 11.6 Å². The second-order valence-electron chi connectivity index (χ2n) is 5.63. The summed E-state index contributed by atoms with van der Waals surface area (Å²) in [4.78, 5) is 25.4. The predicted molar refractivity (Wildman–Crippen MR) is 94.3 cm³/mol. The fraction of sp³-hybridized carbons (Fsp3) is 0.222. The first kappa shape index (κ1) is 19.8. The Bertz CT molecular complexity index is 837. The number of anilines is 2. The Morgan fingerprint density at radius 2 is 1.81 bits per heavy atom. The molecule has 138 valence electrons. The smallest absolute Gasteiger partial charge is 0.324 e. The van der Waals surface area contributed by atoms with Crippen LogP contribution in [0, 0.1) is 6.92 Å². The summed E-state index contributed by atoms with van der Waals surface area (Å²) in [5.41, 5.74) is -0.191. The Hall–Kier alpha value is -2.54. The maximum atomic E-state index is 13.0. The first-order chi connectivity index (χ1) is 12.1. The molecule has 0 aliphatic heterocycles. The molecule has 0 fully saturated rings. The van der Waals surface area contributed by atoms with E-state index < -0.39 is 30.1 Å². The second kappa shape index (κ2) is 7.78. The van der Waals surface area contributed by atoms with Crippen molar-refractivity contribution >= 4 is 34.8 Å². The molecule has 0 saturated heterocycles. The minimum atomic E-state index is -4.60. The Morgan fingerprint density at radius 3 is 2.38 bits per heavy atom. The molecule has 0 aliphatic carbocycles. The lowest BCUT2D eigenvalue weighted by Crippen LogP contribution is -2.37. The number of alkyl halides is 3. The maximum Gasteiger partial charge on any atom is 0.418 e. The Labute approximate surface area is 153 Å². The number of halogens is 4. The molecule has 2 amide bonds. The average molecular weight is 385 g/mol. The Morgan fingerprint density at radius 1 is 1.15 bits per heavy atom. The van der Waals surface area contributed by atoms with Gasteiger partial charge in [0.15, 0.2) is 0 Å². The predicted octanol–water partition coefficient (Wildman–Crippen LogP) is 4.66. The molecule has 0 radical (unpaired) electrons. The van der Waals surface area contributed by atoms with Crippen molar-refractivity contribution in [2.75, 3.05) is 16.8 Å². The van der Waals surface area contributed by atoms with Gasteiger partial charge in [0.05, 0.1) is 11.3 Å². The van der Waals surface area contributed by atoms with Crippen LogP contribution in [0.5, 0.6) is 0 Å². The number of nitrogens with zero attached hydrogens (tertiary/aromatic N) is 1. The van der Waals surface area contributed by atoms with Gasteiger partial charge in [0.2, 0.25) is 11.8 Å². The van der Waals surface area contributed by atoms with Gasteiger partial charge in [-0.1, -0.05) is 23.7 Å². The highest BCUT2D eigenvalue weighted by atomic mass is 35.5. The van der Waals surface area contributed by atoms with Gasteiger partial charge in [0, 0.05) is 17.6 Å². The normalized spacial score (nSPS) is 11.2. The number of hydrogen-bond donors (Lipinski definition) is 1. The number of aryl methyl sites for hydroxylation is 1. The van der Waals surface area contributed by atoms with Crippen LogP contribution in [-0.2, 0) is 15.8 Å². The highest BCUT2D eigenvalue weighted by Gasteiger charge is 2.33. The lowest BCUT2D eigenvalue weighted by atomic mass is 10.1. The molecular weight excluding hydrogens is 369 g/mol. The first-order valence-corrected chi connectivity index (χ1v) is 7.97. The molecular formula is C18H16ClF3N2O2. The minimum Gasteiger partial charge on any atom is -0.324 e. The summed E-state index contributed by atoms with van der Waals surface area (Å²) >= 11 is 5.89. The summed E-state index contributed by atoms with van der Waals surface area (Å²) in [6.07, 6.45) is -4.60. The molecule has 0 heterocycles. The van der Waals surface area contributed by atoms with Gasteiger partial charge in [-0.25, -0.2) is 0 Å². The van der Waals surface area contributed by atoms with E-state index >= 15 is 0 Å². The van der Waals surface area contributed by atoms with Gasteiger partial charge in [-0.3, -0.25) is 9.59 Å². The average Bonchev–Trinajstić information content (AvgIpc) is 2.52. The molecule has 8 heteroatoms. The van der Waals surface area contributed by atoms with E-state index in [1.165, 1.54) is 24.0 Å². The fourth-order valence-corrected chi connectivity index (χ4v) is 2.69. The monoisotopic (exact) mass is 384 g/mol. The second-order valence-corrected chi connectivity index (χ2v) is 6.06. The van der Waals surface area contributed by atoms with Gasteiger partial charge in [-0.15, -0.1) is 0 Å². The Balaban J connectivity index is 2.24. The molecule has 2 aromatic carbocycles. The van der Waals surface area contributed by atoms with Gasteiger partial charge in [-0.05, 0) is 42.8 Å². The van der Waals surface area contributed by atoms with E-state index in [9.17, 15) is 22.8 Å². The van der Waals surface area contributed by atoms with Crippen molar-refractivity contribution in [1.82, 2.24) is 0 Å². The molecule has 2 aromatic rings. The summed E-state index contributed by atoms with van der Waals surface area (Å²) in [7, 11) is 0. The zero-order valence-electron chi connectivity index (χ0n) is 14.0. The van der Waals surface area contributed by atoms with E-state index in [1.54, 1.807) is 25.1 Å². The molecule has 0 aliphatic rings. The molecule has 2 rings (SSSR count). The third kappa shape index (κ3) is 4.76. The molecule has 0 saturated carbocycles. The van der Waals surface area contributed by atoms with E-state index in [0.29, 0.717) is 16.3 Å². The van der Waals surface area contributed by atoms with Gasteiger partial charge in [0.25, 0.3) is 0 Å². The van der Waals surface area contributed by atoms with E-state index in [1.807, 2.05) is 0 Å². The van der Waals surface area contributed by atoms with Crippen LogP contribution in [0.25, 0.3) is 0 Å². The quantitative estimate of drug-likeness (QED) is 0.833. The summed E-state index contributed by atoms with van der Waals surface area (Å²) in [5, 5.41) is 2.69. The number of rotatable bonds is 4. The van der Waals surface area contributed by atoms with E-state index in [2.05, 4.69) is 5.32 Å². The zero-order valence-corrected chi connectivity index (χ0v) is 14.8. The van der Waals surface area contributed by atoms with Crippen molar-refractivity contribution in [3.05, 3.63) is 58.6 Å². The van der Waals surface area contributed by atoms with Crippen LogP contribution in [0.4, 0.5) is 24.5 Å². The molecule has 0 atom stereocenters. The topological polar surface area (TPSA) is 49.4 Å². The first-order valence-electron chi connectivity index (χ1n) is 7.60. The van der Waals surface area contributed by atoms with E-state index in [0.717, 1.165) is 12.1 Å². The number of nitrogens with one attached hydrogen (secondary N) is 1. The summed E-state index contributed by atoms with van der Waals surface area (Å²) in [5.74, 6) is -1.17. The van der Waals surface area contributed by atoms with Gasteiger partial charge < -0.3 is 10.2 Å².